The second-order valence-electron chi connectivity index (χ2n) is 7.81. The highest BCUT2D eigenvalue weighted by Crippen LogP contribution is 2.34. The van der Waals surface area contributed by atoms with Gasteiger partial charge in [0.05, 0.1) is 32.0 Å². The molecule has 1 fully saturated rings. The van der Waals surface area contributed by atoms with E-state index in [4.69, 9.17) is 4.74 Å². The van der Waals surface area contributed by atoms with Crippen LogP contribution >= 0.6 is 27.3 Å². The predicted molar refractivity (Wildman–Crippen MR) is 134 cm³/mol. The van der Waals surface area contributed by atoms with Gasteiger partial charge in [0.1, 0.15) is 12.4 Å². The number of imidazole rings is 1. The van der Waals surface area contributed by atoms with Crippen LogP contribution in [0.15, 0.2) is 52.3 Å². The molecule has 0 saturated carbocycles. The number of halogens is 1. The van der Waals surface area contributed by atoms with Gasteiger partial charge in [0.2, 0.25) is 5.91 Å². The zero-order valence-electron chi connectivity index (χ0n) is 18.1. The maximum atomic E-state index is 12.7. The Bertz CT molecular complexity index is 1380. The summed E-state index contributed by atoms with van der Waals surface area (Å²) in [5.74, 6) is 0.632. The molecule has 3 heterocycles. The molecule has 7 nitrogen and oxygen atoms in total. The van der Waals surface area contributed by atoms with Crippen LogP contribution < -0.4 is 9.80 Å². The minimum Gasteiger partial charge on any atom is -0.370 e. The van der Waals surface area contributed by atoms with Gasteiger partial charge >= 0.3 is 0 Å². The summed E-state index contributed by atoms with van der Waals surface area (Å²) in [6.07, 6.45) is 0. The number of hydrogen-bond donors (Lipinski definition) is 1. The standard InChI is InChI=1S/C24H21BrN4O3S/c1-14-11-16(4-6-20(14)28-9-10-32-13-23(28)31)29(15(2)30)17-3-5-18-19(12-17)27-24(26-18)21-7-8-22(25)33-21/h3-8,11-12H,9-10,13H2,1-2H3,(H,26,27). The third kappa shape index (κ3) is 4.19. The summed E-state index contributed by atoms with van der Waals surface area (Å²) < 4.78 is 6.28. The molecule has 2 aromatic heterocycles. The summed E-state index contributed by atoms with van der Waals surface area (Å²) in [7, 11) is 0. The molecular weight excluding hydrogens is 504 g/mol. The Balaban J connectivity index is 1.50. The van der Waals surface area contributed by atoms with Crippen LogP contribution in [0.4, 0.5) is 17.1 Å². The lowest BCUT2D eigenvalue weighted by Crippen LogP contribution is -2.42. The van der Waals surface area contributed by atoms with Crippen molar-refractivity contribution in [1.29, 1.82) is 0 Å². The normalized spacial score (nSPS) is 14.2. The van der Waals surface area contributed by atoms with Gasteiger partial charge in [0.25, 0.3) is 5.91 Å². The van der Waals surface area contributed by atoms with Crippen molar-refractivity contribution in [3.63, 3.8) is 0 Å². The van der Waals surface area contributed by atoms with Crippen LogP contribution in [0.5, 0.6) is 0 Å². The lowest BCUT2D eigenvalue weighted by Gasteiger charge is -2.29. The average Bonchev–Trinajstić information content (AvgIpc) is 3.40. The van der Waals surface area contributed by atoms with Crippen LogP contribution in [-0.2, 0) is 14.3 Å². The number of amides is 2. The highest BCUT2D eigenvalue weighted by molar-refractivity contribution is 9.11. The van der Waals surface area contributed by atoms with Crippen LogP contribution in [0.2, 0.25) is 0 Å². The molecule has 9 heteroatoms. The zero-order valence-corrected chi connectivity index (χ0v) is 20.5. The second kappa shape index (κ2) is 8.74. The van der Waals surface area contributed by atoms with Crippen molar-refractivity contribution in [2.45, 2.75) is 13.8 Å². The number of carbonyl (C=O) groups is 2. The van der Waals surface area contributed by atoms with Gasteiger partial charge in [-0.1, -0.05) is 0 Å². The largest absolute Gasteiger partial charge is 0.370 e. The molecule has 2 aromatic carbocycles. The number of nitrogens with zero attached hydrogens (tertiary/aromatic N) is 3. The Morgan fingerprint density at radius 2 is 1.97 bits per heavy atom. The molecule has 1 N–H and O–H groups in total. The number of thiophene rings is 1. The number of H-pyrrole nitrogens is 1. The van der Waals surface area contributed by atoms with Crippen LogP contribution in [0, 0.1) is 6.92 Å². The van der Waals surface area contributed by atoms with Crippen LogP contribution in [-0.4, -0.2) is 41.5 Å². The molecule has 0 aliphatic carbocycles. The van der Waals surface area contributed by atoms with E-state index >= 15 is 0 Å². The third-order valence-electron chi connectivity index (χ3n) is 5.56. The smallest absolute Gasteiger partial charge is 0.253 e. The number of ether oxygens (including phenoxy) is 1. The molecule has 0 bridgehead atoms. The van der Waals surface area contributed by atoms with E-state index in [1.54, 1.807) is 28.1 Å². The summed E-state index contributed by atoms with van der Waals surface area (Å²) >= 11 is 5.10. The molecular formula is C24H21BrN4O3S. The third-order valence-corrected chi connectivity index (χ3v) is 7.19. The van der Waals surface area contributed by atoms with Crippen LogP contribution in [0.3, 0.4) is 0 Å². The molecule has 1 aliphatic rings. The van der Waals surface area contributed by atoms with E-state index in [1.165, 1.54) is 0 Å². The lowest BCUT2D eigenvalue weighted by molar-refractivity contribution is -0.125. The number of aromatic amines is 1. The van der Waals surface area contributed by atoms with Gasteiger partial charge in [-0.25, -0.2) is 4.98 Å². The van der Waals surface area contributed by atoms with Crippen molar-refractivity contribution in [2.75, 3.05) is 29.6 Å². The zero-order chi connectivity index (χ0) is 23.1. The fourth-order valence-electron chi connectivity index (χ4n) is 4.06. The fourth-order valence-corrected chi connectivity index (χ4v) is 5.39. The van der Waals surface area contributed by atoms with Crippen molar-refractivity contribution < 1.29 is 14.3 Å². The Kier molecular flexibility index (Phi) is 5.77. The topological polar surface area (TPSA) is 78.5 Å². The van der Waals surface area contributed by atoms with Crippen molar-refractivity contribution >= 4 is 67.2 Å². The molecule has 33 heavy (non-hydrogen) atoms. The quantitative estimate of drug-likeness (QED) is 0.387. The molecule has 0 radical (unpaired) electrons. The first-order valence-electron chi connectivity index (χ1n) is 10.5. The predicted octanol–water partition coefficient (Wildman–Crippen LogP) is 5.41. The number of nitrogens with one attached hydrogen (secondary N) is 1. The summed E-state index contributed by atoms with van der Waals surface area (Å²) in [6.45, 7) is 4.62. The average molecular weight is 525 g/mol. The summed E-state index contributed by atoms with van der Waals surface area (Å²) in [5, 5.41) is 0. The van der Waals surface area contributed by atoms with E-state index in [1.807, 2.05) is 55.5 Å². The summed E-state index contributed by atoms with van der Waals surface area (Å²) in [6, 6.07) is 15.5. The van der Waals surface area contributed by atoms with Crippen LogP contribution in [0.25, 0.3) is 21.7 Å². The van der Waals surface area contributed by atoms with E-state index in [0.29, 0.717) is 13.2 Å². The first kappa shape index (κ1) is 21.8. The second-order valence-corrected chi connectivity index (χ2v) is 10.3. The summed E-state index contributed by atoms with van der Waals surface area (Å²) in [5.41, 5.74) is 4.93. The van der Waals surface area contributed by atoms with Gasteiger partial charge in [-0.05, 0) is 76.9 Å². The van der Waals surface area contributed by atoms with Gasteiger partial charge < -0.3 is 14.6 Å². The van der Waals surface area contributed by atoms with Crippen LogP contribution in [0.1, 0.15) is 12.5 Å². The maximum absolute atomic E-state index is 12.7. The fraction of sp³-hybridized carbons (Fsp3) is 0.208. The molecule has 0 unspecified atom stereocenters. The summed E-state index contributed by atoms with van der Waals surface area (Å²) in [4.78, 5) is 37.4. The molecule has 0 spiro atoms. The molecule has 1 aliphatic heterocycles. The molecule has 168 valence electrons. The van der Waals surface area contributed by atoms with Gasteiger partial charge in [-0.15, -0.1) is 11.3 Å². The first-order valence-corrected chi connectivity index (χ1v) is 12.1. The van der Waals surface area contributed by atoms with Gasteiger partial charge in [0.15, 0.2) is 0 Å². The van der Waals surface area contributed by atoms with Crippen molar-refractivity contribution in [2.24, 2.45) is 0 Å². The Hall–Kier alpha value is -3.01. The van der Waals surface area contributed by atoms with E-state index in [-0.39, 0.29) is 18.4 Å². The van der Waals surface area contributed by atoms with Gasteiger partial charge in [0, 0.05) is 24.8 Å². The number of benzene rings is 2. The highest BCUT2D eigenvalue weighted by atomic mass is 79.9. The number of aromatic nitrogens is 2. The number of fused-ring (bicyclic) bond motifs is 1. The Morgan fingerprint density at radius 1 is 1.18 bits per heavy atom. The number of hydrogen-bond acceptors (Lipinski definition) is 5. The van der Waals surface area contributed by atoms with E-state index in [2.05, 4.69) is 25.9 Å². The minimum absolute atomic E-state index is 0.0567. The van der Waals surface area contributed by atoms with Gasteiger partial charge in [-0.3, -0.25) is 14.5 Å². The van der Waals surface area contributed by atoms with Crippen molar-refractivity contribution in [3.05, 3.63) is 57.9 Å². The van der Waals surface area contributed by atoms with E-state index in [9.17, 15) is 9.59 Å². The maximum Gasteiger partial charge on any atom is 0.253 e. The van der Waals surface area contributed by atoms with E-state index in [0.717, 1.165) is 48.1 Å². The Morgan fingerprint density at radius 3 is 2.67 bits per heavy atom. The molecule has 4 aromatic rings. The number of carbonyl (C=O) groups excluding carboxylic acids is 2. The molecule has 2 amide bonds. The van der Waals surface area contributed by atoms with Crippen molar-refractivity contribution in [3.8, 4) is 10.7 Å². The SMILES string of the molecule is CC(=O)N(c1ccc(N2CCOCC2=O)c(C)c1)c1ccc2nc(-c3ccc(Br)s3)[nH]c2c1. The highest BCUT2D eigenvalue weighted by Gasteiger charge is 2.23. The Labute approximate surface area is 203 Å². The van der Waals surface area contributed by atoms with Crippen molar-refractivity contribution in [1.82, 2.24) is 9.97 Å². The first-order chi connectivity index (χ1) is 15.9. The number of rotatable bonds is 4. The lowest BCUT2D eigenvalue weighted by atomic mass is 10.1. The monoisotopic (exact) mass is 524 g/mol. The van der Waals surface area contributed by atoms with E-state index < -0.39 is 0 Å². The molecule has 1 saturated heterocycles. The number of aryl methyl sites for hydroxylation is 1. The van der Waals surface area contributed by atoms with Gasteiger partial charge in [-0.2, -0.15) is 0 Å². The molecule has 5 rings (SSSR count). The number of morpholine rings is 1. The number of anilines is 3. The molecule has 0 atom stereocenters. The minimum atomic E-state index is -0.106.